The maximum atomic E-state index is 12.0. The van der Waals surface area contributed by atoms with Crippen molar-refractivity contribution in [2.45, 2.75) is 13.0 Å². The van der Waals surface area contributed by atoms with Crippen molar-refractivity contribution in [3.8, 4) is 0 Å². The molecule has 1 atom stereocenters. The van der Waals surface area contributed by atoms with E-state index >= 15 is 0 Å². The predicted molar refractivity (Wildman–Crippen MR) is 60.3 cm³/mol. The van der Waals surface area contributed by atoms with Gasteiger partial charge in [0, 0.05) is 12.4 Å². The van der Waals surface area contributed by atoms with Gasteiger partial charge in [-0.1, -0.05) is 0 Å². The molecule has 98 valence electrons. The van der Waals surface area contributed by atoms with Crippen LogP contribution in [0.15, 0.2) is 18.5 Å². The third kappa shape index (κ3) is 3.58. The highest BCUT2D eigenvalue weighted by Crippen LogP contribution is 2.08. The number of amides is 2. The Morgan fingerprint density at radius 1 is 1.44 bits per heavy atom. The lowest BCUT2D eigenvalue weighted by Gasteiger charge is -2.22. The van der Waals surface area contributed by atoms with Crippen molar-refractivity contribution in [1.82, 2.24) is 14.7 Å². The lowest BCUT2D eigenvalue weighted by Crippen LogP contribution is -2.44. The number of carboxylic acid groups (broad SMARTS) is 1. The highest BCUT2D eigenvalue weighted by Gasteiger charge is 2.25. The number of aromatic nitrogens is 2. The second kappa shape index (κ2) is 5.80. The van der Waals surface area contributed by atoms with Crippen LogP contribution >= 0.6 is 0 Å². The largest absolute Gasteiger partial charge is 0.480 e. The predicted octanol–water partition coefficient (Wildman–Crippen LogP) is -1.16. The molecule has 0 fully saturated rings. The van der Waals surface area contributed by atoms with Gasteiger partial charge in [0.1, 0.15) is 19.1 Å². The molecule has 0 aliphatic heterocycles. The van der Waals surface area contributed by atoms with Gasteiger partial charge < -0.3 is 15.7 Å². The summed E-state index contributed by atoms with van der Waals surface area (Å²) in [4.78, 5) is 34.3. The molecule has 0 aliphatic carbocycles. The van der Waals surface area contributed by atoms with E-state index < -0.39 is 36.9 Å². The number of hydrogen-bond acceptors (Lipinski definition) is 4. The number of rotatable bonds is 6. The molecule has 8 nitrogen and oxygen atoms in total. The van der Waals surface area contributed by atoms with Gasteiger partial charge in [-0.3, -0.25) is 19.1 Å². The number of carbonyl (C=O) groups is 3. The third-order valence-electron chi connectivity index (χ3n) is 2.26. The molecular weight excluding hydrogens is 240 g/mol. The summed E-state index contributed by atoms with van der Waals surface area (Å²) < 4.78 is 1.37. The van der Waals surface area contributed by atoms with Gasteiger partial charge in [0.05, 0.1) is 0 Å². The van der Waals surface area contributed by atoms with E-state index in [0.29, 0.717) is 0 Å². The van der Waals surface area contributed by atoms with E-state index in [9.17, 15) is 14.4 Å². The molecule has 1 unspecified atom stereocenters. The molecule has 1 rings (SSSR count). The first-order valence-corrected chi connectivity index (χ1v) is 5.20. The van der Waals surface area contributed by atoms with Crippen LogP contribution in [0.1, 0.15) is 13.0 Å². The summed E-state index contributed by atoms with van der Waals surface area (Å²) >= 11 is 0. The number of carboxylic acids is 1. The van der Waals surface area contributed by atoms with Gasteiger partial charge >= 0.3 is 5.97 Å². The standard InChI is InChI=1S/C10H14N4O4/c1-7(14-4-2-3-12-14)10(18)13(5-8(11)15)6-9(16)17/h2-4,7H,5-6H2,1H3,(H2,11,15)(H,16,17). The lowest BCUT2D eigenvalue weighted by molar-refractivity contribution is -0.147. The average molecular weight is 254 g/mol. The van der Waals surface area contributed by atoms with Gasteiger partial charge in [-0.2, -0.15) is 5.10 Å². The second-order valence-electron chi connectivity index (χ2n) is 3.72. The third-order valence-corrected chi connectivity index (χ3v) is 2.26. The molecule has 0 saturated heterocycles. The summed E-state index contributed by atoms with van der Waals surface area (Å²) in [5, 5.41) is 12.6. The number of carbonyl (C=O) groups excluding carboxylic acids is 2. The number of aliphatic carboxylic acids is 1. The van der Waals surface area contributed by atoms with Crippen LogP contribution in [-0.2, 0) is 14.4 Å². The van der Waals surface area contributed by atoms with Gasteiger partial charge in [0.15, 0.2) is 0 Å². The monoisotopic (exact) mass is 254 g/mol. The number of primary amides is 1. The zero-order chi connectivity index (χ0) is 13.7. The minimum atomic E-state index is -1.21. The quantitative estimate of drug-likeness (QED) is 0.664. The Hall–Kier alpha value is -2.38. The van der Waals surface area contributed by atoms with Crippen LogP contribution in [0.4, 0.5) is 0 Å². The summed E-state index contributed by atoms with van der Waals surface area (Å²) in [6, 6.07) is 0.943. The second-order valence-corrected chi connectivity index (χ2v) is 3.72. The van der Waals surface area contributed by atoms with Crippen LogP contribution in [0.25, 0.3) is 0 Å². The molecule has 2 amide bonds. The van der Waals surface area contributed by atoms with Gasteiger partial charge in [0.2, 0.25) is 11.8 Å². The van der Waals surface area contributed by atoms with E-state index in [0.717, 1.165) is 4.90 Å². The SMILES string of the molecule is CC(C(=O)N(CC(N)=O)CC(=O)O)n1cccn1. The van der Waals surface area contributed by atoms with E-state index in [1.54, 1.807) is 19.2 Å². The molecule has 1 aromatic rings. The molecule has 0 saturated carbocycles. The van der Waals surface area contributed by atoms with Gasteiger partial charge in [-0.25, -0.2) is 0 Å². The van der Waals surface area contributed by atoms with E-state index in [2.05, 4.69) is 5.10 Å². The summed E-state index contributed by atoms with van der Waals surface area (Å²) in [5.41, 5.74) is 4.98. The van der Waals surface area contributed by atoms with E-state index in [1.807, 2.05) is 0 Å². The number of nitrogens with zero attached hydrogens (tertiary/aromatic N) is 3. The van der Waals surface area contributed by atoms with Crippen LogP contribution in [0.5, 0.6) is 0 Å². The molecular formula is C10H14N4O4. The highest BCUT2D eigenvalue weighted by molar-refractivity contribution is 5.88. The van der Waals surface area contributed by atoms with Crippen LogP contribution < -0.4 is 5.73 Å². The summed E-state index contributed by atoms with van der Waals surface area (Å²) in [6.07, 6.45) is 3.07. The molecule has 1 heterocycles. The van der Waals surface area contributed by atoms with E-state index in [1.165, 1.54) is 10.9 Å². The smallest absolute Gasteiger partial charge is 0.323 e. The number of nitrogens with two attached hydrogens (primary N) is 1. The molecule has 0 bridgehead atoms. The van der Waals surface area contributed by atoms with Crippen molar-refractivity contribution in [2.24, 2.45) is 5.73 Å². The molecule has 0 radical (unpaired) electrons. The van der Waals surface area contributed by atoms with Crippen molar-refractivity contribution in [1.29, 1.82) is 0 Å². The van der Waals surface area contributed by atoms with Gasteiger partial charge in [-0.05, 0) is 13.0 Å². The van der Waals surface area contributed by atoms with E-state index in [4.69, 9.17) is 10.8 Å². The Morgan fingerprint density at radius 2 is 2.11 bits per heavy atom. The molecule has 0 aromatic carbocycles. The first-order valence-electron chi connectivity index (χ1n) is 5.20. The van der Waals surface area contributed by atoms with Crippen LogP contribution in [0.3, 0.4) is 0 Å². The Balaban J connectivity index is 2.81. The zero-order valence-electron chi connectivity index (χ0n) is 9.81. The minimum absolute atomic E-state index is 0.434. The summed E-state index contributed by atoms with van der Waals surface area (Å²) in [6.45, 7) is 0.551. The fourth-order valence-electron chi connectivity index (χ4n) is 1.45. The van der Waals surface area contributed by atoms with Crippen LogP contribution in [0, 0.1) is 0 Å². The van der Waals surface area contributed by atoms with Crippen molar-refractivity contribution >= 4 is 17.8 Å². The maximum absolute atomic E-state index is 12.0. The van der Waals surface area contributed by atoms with Crippen LogP contribution in [0.2, 0.25) is 0 Å². The highest BCUT2D eigenvalue weighted by atomic mass is 16.4. The Kier molecular flexibility index (Phi) is 4.41. The summed E-state index contributed by atoms with van der Waals surface area (Å²) in [7, 11) is 0. The molecule has 8 heteroatoms. The van der Waals surface area contributed by atoms with Crippen molar-refractivity contribution in [3.05, 3.63) is 18.5 Å². The maximum Gasteiger partial charge on any atom is 0.323 e. The first-order chi connectivity index (χ1) is 8.41. The van der Waals surface area contributed by atoms with Gasteiger partial charge in [0.25, 0.3) is 0 Å². The van der Waals surface area contributed by atoms with Crippen molar-refractivity contribution < 1.29 is 19.5 Å². The average Bonchev–Trinajstić information content (AvgIpc) is 2.78. The molecule has 0 spiro atoms. The van der Waals surface area contributed by atoms with Crippen LogP contribution in [-0.4, -0.2) is 50.7 Å². The Morgan fingerprint density at radius 3 is 2.56 bits per heavy atom. The first kappa shape index (κ1) is 13.7. The van der Waals surface area contributed by atoms with Crippen molar-refractivity contribution in [2.75, 3.05) is 13.1 Å². The number of hydrogen-bond donors (Lipinski definition) is 2. The lowest BCUT2D eigenvalue weighted by atomic mass is 10.3. The fraction of sp³-hybridized carbons (Fsp3) is 0.400. The Bertz CT molecular complexity index is 427. The molecule has 18 heavy (non-hydrogen) atoms. The topological polar surface area (TPSA) is 119 Å². The normalized spacial score (nSPS) is 11.8. The fourth-order valence-corrected chi connectivity index (χ4v) is 1.45. The summed E-state index contributed by atoms with van der Waals surface area (Å²) in [5.74, 6) is -2.51. The molecule has 3 N–H and O–H groups in total. The van der Waals surface area contributed by atoms with E-state index in [-0.39, 0.29) is 0 Å². The molecule has 1 aromatic heterocycles. The zero-order valence-corrected chi connectivity index (χ0v) is 9.81. The molecule has 0 aliphatic rings. The Labute approximate surface area is 103 Å². The van der Waals surface area contributed by atoms with Crippen molar-refractivity contribution in [3.63, 3.8) is 0 Å². The minimum Gasteiger partial charge on any atom is -0.480 e. The van der Waals surface area contributed by atoms with Gasteiger partial charge in [-0.15, -0.1) is 0 Å².